The first-order valence-electron chi connectivity index (χ1n) is 4.57. The highest BCUT2D eigenvalue weighted by Crippen LogP contribution is 2.25. The quantitative estimate of drug-likeness (QED) is 0.621. The van der Waals surface area contributed by atoms with Crippen molar-refractivity contribution >= 4 is 63.6 Å². The molecule has 3 nitrogen and oxygen atoms in total. The van der Waals surface area contributed by atoms with Gasteiger partial charge >= 0.3 is 0 Å². The second-order valence-electron chi connectivity index (χ2n) is 3.15. The van der Waals surface area contributed by atoms with E-state index in [9.17, 15) is 4.79 Å². The van der Waals surface area contributed by atoms with Crippen LogP contribution < -0.4 is 0 Å². The monoisotopic (exact) mass is 304 g/mol. The number of rotatable bonds is 2. The molecule has 1 aliphatic heterocycles. The van der Waals surface area contributed by atoms with Crippen LogP contribution in [0.4, 0.5) is 0 Å². The maximum Gasteiger partial charge on any atom is 0.259 e. The van der Waals surface area contributed by atoms with Gasteiger partial charge in [0.05, 0.1) is 22.0 Å². The summed E-state index contributed by atoms with van der Waals surface area (Å²) in [6.45, 7) is 0. The lowest BCUT2D eigenvalue weighted by Gasteiger charge is -2.07. The molecule has 1 aliphatic rings. The molecule has 0 aliphatic carbocycles. The first kappa shape index (κ1) is 12.8. The lowest BCUT2D eigenvalue weighted by Crippen LogP contribution is -2.22. The Hall–Kier alpha value is -0.620. The molecule has 17 heavy (non-hydrogen) atoms. The zero-order valence-electron chi connectivity index (χ0n) is 8.39. The number of hydrogen-bond acceptors (Lipinski definition) is 4. The highest BCUT2D eigenvalue weighted by atomic mass is 35.5. The smallest absolute Gasteiger partial charge is 0.259 e. The fourth-order valence-corrected chi connectivity index (χ4v) is 2.52. The van der Waals surface area contributed by atoms with Crippen LogP contribution in [0.5, 0.6) is 0 Å². The fraction of sp³-hybridized carbons (Fsp3) is 0.100. The molecule has 7 heteroatoms. The van der Waals surface area contributed by atoms with E-state index in [1.165, 1.54) is 23.0 Å². The maximum atomic E-state index is 11.4. The number of benzene rings is 1. The van der Waals surface area contributed by atoms with Crippen LogP contribution in [0.2, 0.25) is 10.0 Å². The van der Waals surface area contributed by atoms with Gasteiger partial charge in [-0.3, -0.25) is 4.79 Å². The minimum atomic E-state index is -0.130. The number of hydrogen-bond donors (Lipinski definition) is 0. The Morgan fingerprint density at radius 3 is 2.88 bits per heavy atom. The highest BCUT2D eigenvalue weighted by molar-refractivity contribution is 8.23. The van der Waals surface area contributed by atoms with Gasteiger partial charge in [-0.15, -0.1) is 0 Å². The molecule has 0 atom stereocenters. The van der Waals surface area contributed by atoms with Crippen molar-refractivity contribution in [3.8, 4) is 0 Å². The largest absolute Gasteiger partial charge is 0.272 e. The molecule has 0 spiro atoms. The van der Waals surface area contributed by atoms with Crippen molar-refractivity contribution in [2.75, 3.05) is 5.75 Å². The summed E-state index contributed by atoms with van der Waals surface area (Å²) in [6, 6.07) is 5.20. The highest BCUT2D eigenvalue weighted by Gasteiger charge is 2.25. The Bertz CT molecular complexity index is 503. The summed E-state index contributed by atoms with van der Waals surface area (Å²) in [6.07, 6.45) is 1.48. The molecule has 1 fully saturated rings. The Labute approximate surface area is 118 Å². The Morgan fingerprint density at radius 2 is 2.24 bits per heavy atom. The summed E-state index contributed by atoms with van der Waals surface area (Å²) >= 11 is 18.1. The van der Waals surface area contributed by atoms with Gasteiger partial charge in [0.25, 0.3) is 5.91 Å². The van der Waals surface area contributed by atoms with Gasteiger partial charge in [-0.25, -0.2) is 0 Å². The molecule has 2 rings (SSSR count). The third-order valence-electron chi connectivity index (χ3n) is 2.02. The first-order valence-corrected chi connectivity index (χ1v) is 6.72. The second-order valence-corrected chi connectivity index (χ2v) is 5.54. The van der Waals surface area contributed by atoms with Crippen molar-refractivity contribution in [1.29, 1.82) is 0 Å². The average Bonchev–Trinajstić information content (AvgIpc) is 2.62. The molecule has 0 radical (unpaired) electrons. The summed E-state index contributed by atoms with van der Waals surface area (Å²) in [7, 11) is 0. The number of carbonyl (C=O) groups excluding carboxylic acids is 1. The Kier molecular flexibility index (Phi) is 4.04. The number of hydrazone groups is 1. The zero-order valence-corrected chi connectivity index (χ0v) is 11.5. The van der Waals surface area contributed by atoms with Gasteiger partial charge < -0.3 is 0 Å². The summed E-state index contributed by atoms with van der Waals surface area (Å²) in [5, 5.41) is 6.05. The Balaban J connectivity index is 2.23. The molecule has 1 aromatic rings. The van der Waals surface area contributed by atoms with Crippen LogP contribution in [0, 0.1) is 0 Å². The minimum absolute atomic E-state index is 0.130. The van der Waals surface area contributed by atoms with E-state index in [1.807, 2.05) is 0 Å². The van der Waals surface area contributed by atoms with Gasteiger partial charge in [-0.2, -0.15) is 10.1 Å². The molecule has 0 saturated carbocycles. The van der Waals surface area contributed by atoms with E-state index < -0.39 is 0 Å². The lowest BCUT2D eigenvalue weighted by molar-refractivity contribution is -0.123. The van der Waals surface area contributed by atoms with E-state index >= 15 is 0 Å². The molecule has 1 amide bonds. The number of carbonyl (C=O) groups is 1. The van der Waals surface area contributed by atoms with Crippen molar-refractivity contribution < 1.29 is 4.79 Å². The molecule has 0 aromatic heterocycles. The third kappa shape index (κ3) is 2.80. The van der Waals surface area contributed by atoms with Gasteiger partial charge in [0, 0.05) is 5.56 Å². The molecular formula is C10H6Cl2N2OS2. The molecule has 1 heterocycles. The summed E-state index contributed by atoms with van der Waals surface area (Å²) in [5.41, 5.74) is 0.645. The predicted octanol–water partition coefficient (Wildman–Crippen LogP) is 3.19. The van der Waals surface area contributed by atoms with Crippen molar-refractivity contribution in [1.82, 2.24) is 5.01 Å². The van der Waals surface area contributed by atoms with Crippen LogP contribution in [-0.4, -0.2) is 27.2 Å². The van der Waals surface area contributed by atoms with E-state index in [-0.39, 0.29) is 5.91 Å². The minimum Gasteiger partial charge on any atom is -0.272 e. The molecule has 1 saturated heterocycles. The average molecular weight is 305 g/mol. The van der Waals surface area contributed by atoms with Crippen LogP contribution in [0.1, 0.15) is 5.56 Å². The van der Waals surface area contributed by atoms with Crippen LogP contribution in [0.3, 0.4) is 0 Å². The number of halogens is 2. The van der Waals surface area contributed by atoms with Gasteiger partial charge in [0.15, 0.2) is 4.32 Å². The van der Waals surface area contributed by atoms with E-state index in [0.29, 0.717) is 25.7 Å². The first-order chi connectivity index (χ1) is 8.09. The fourth-order valence-electron chi connectivity index (χ4n) is 1.20. The van der Waals surface area contributed by atoms with Crippen LogP contribution in [0.15, 0.2) is 23.3 Å². The van der Waals surface area contributed by atoms with Crippen molar-refractivity contribution in [3.63, 3.8) is 0 Å². The van der Waals surface area contributed by atoms with E-state index in [2.05, 4.69) is 5.10 Å². The number of amides is 1. The molecule has 0 bridgehead atoms. The van der Waals surface area contributed by atoms with Crippen molar-refractivity contribution in [2.45, 2.75) is 0 Å². The van der Waals surface area contributed by atoms with Gasteiger partial charge in [0.2, 0.25) is 0 Å². The van der Waals surface area contributed by atoms with Crippen LogP contribution >= 0.6 is 47.2 Å². The maximum absolute atomic E-state index is 11.4. The number of thioether (sulfide) groups is 1. The van der Waals surface area contributed by atoms with E-state index in [4.69, 9.17) is 35.4 Å². The number of thiocarbonyl (C=S) groups is 1. The lowest BCUT2D eigenvalue weighted by atomic mass is 10.2. The third-order valence-corrected chi connectivity index (χ3v) is 4.19. The molecule has 1 aromatic carbocycles. The zero-order chi connectivity index (χ0) is 12.4. The van der Waals surface area contributed by atoms with Crippen molar-refractivity contribution in [2.24, 2.45) is 5.10 Å². The van der Waals surface area contributed by atoms with Crippen molar-refractivity contribution in [3.05, 3.63) is 33.8 Å². The molecule has 88 valence electrons. The standard InChI is InChI=1S/C10H6Cl2N2OS2/c11-7-3-1-2-6(9(7)12)4-13-14-8(15)5-17-10(14)16/h1-4H,5H2/b13-4+. The summed E-state index contributed by atoms with van der Waals surface area (Å²) < 4.78 is 0.449. The molecule has 0 N–H and O–H groups in total. The predicted molar refractivity (Wildman–Crippen MR) is 76.0 cm³/mol. The SMILES string of the molecule is O=C1CSC(=S)N1/N=C/c1cccc(Cl)c1Cl. The van der Waals surface area contributed by atoms with E-state index in [1.54, 1.807) is 18.2 Å². The molecule has 0 unspecified atom stereocenters. The summed E-state index contributed by atoms with van der Waals surface area (Å²) in [5.74, 6) is 0.203. The van der Waals surface area contributed by atoms with Gasteiger partial charge in [-0.1, -0.05) is 59.3 Å². The Morgan fingerprint density at radius 1 is 1.47 bits per heavy atom. The van der Waals surface area contributed by atoms with Gasteiger partial charge in [-0.05, 0) is 6.07 Å². The summed E-state index contributed by atoms with van der Waals surface area (Å²) in [4.78, 5) is 11.4. The van der Waals surface area contributed by atoms with Crippen LogP contribution in [0.25, 0.3) is 0 Å². The molecular weight excluding hydrogens is 299 g/mol. The van der Waals surface area contributed by atoms with Gasteiger partial charge in [0.1, 0.15) is 0 Å². The normalized spacial score (nSPS) is 16.2. The second kappa shape index (κ2) is 5.35. The number of nitrogens with zero attached hydrogens (tertiary/aromatic N) is 2. The van der Waals surface area contributed by atoms with Crippen LogP contribution in [-0.2, 0) is 4.79 Å². The topological polar surface area (TPSA) is 32.7 Å². The van der Waals surface area contributed by atoms with E-state index in [0.717, 1.165) is 0 Å².